The summed E-state index contributed by atoms with van der Waals surface area (Å²) in [5.74, 6) is -2.69. The van der Waals surface area contributed by atoms with Crippen molar-refractivity contribution in [3.8, 4) is 5.75 Å². The van der Waals surface area contributed by atoms with Gasteiger partial charge < -0.3 is 15.5 Å². The maximum absolute atomic E-state index is 12.2. The van der Waals surface area contributed by atoms with Crippen LogP contribution in [0, 0.1) is 18.8 Å². The first kappa shape index (κ1) is 14.1. The third-order valence-corrected chi connectivity index (χ3v) is 3.50. The van der Waals surface area contributed by atoms with E-state index >= 15 is 0 Å². The molecule has 2 atom stereocenters. The molecule has 0 unspecified atom stereocenters. The van der Waals surface area contributed by atoms with Crippen molar-refractivity contribution in [3.05, 3.63) is 35.9 Å². The number of carbonyl (C=O) groups is 2. The first-order valence-corrected chi connectivity index (χ1v) is 6.47. The normalized spacial score (nSPS) is 21.4. The minimum absolute atomic E-state index is 0.0171. The van der Waals surface area contributed by atoms with E-state index in [0.29, 0.717) is 18.5 Å². The summed E-state index contributed by atoms with van der Waals surface area (Å²) in [6, 6.07) is 4.92. The number of allylic oxidation sites excluding steroid dienone is 2. The number of anilines is 1. The minimum atomic E-state index is -0.970. The zero-order valence-corrected chi connectivity index (χ0v) is 11.2. The summed E-state index contributed by atoms with van der Waals surface area (Å²) in [5.41, 5.74) is 1.18. The van der Waals surface area contributed by atoms with Gasteiger partial charge in [-0.05, 0) is 37.5 Å². The number of rotatable bonds is 3. The second-order valence-electron chi connectivity index (χ2n) is 5.00. The van der Waals surface area contributed by atoms with Crippen LogP contribution in [0.15, 0.2) is 30.4 Å². The Balaban J connectivity index is 2.14. The van der Waals surface area contributed by atoms with Crippen molar-refractivity contribution in [2.75, 3.05) is 5.32 Å². The van der Waals surface area contributed by atoms with Crippen LogP contribution in [0.5, 0.6) is 5.75 Å². The number of aryl methyl sites for hydroxylation is 1. The van der Waals surface area contributed by atoms with Crippen molar-refractivity contribution in [2.45, 2.75) is 19.8 Å². The molecular formula is C15H17NO4. The number of aliphatic carboxylic acids is 1. The number of carbonyl (C=O) groups excluding carboxylic acids is 1. The highest BCUT2D eigenvalue weighted by Crippen LogP contribution is 2.29. The summed E-state index contributed by atoms with van der Waals surface area (Å²) in [4.78, 5) is 23.4. The van der Waals surface area contributed by atoms with E-state index in [1.807, 2.05) is 13.0 Å². The molecular weight excluding hydrogens is 258 g/mol. The van der Waals surface area contributed by atoms with E-state index in [0.717, 1.165) is 5.56 Å². The maximum Gasteiger partial charge on any atom is 0.307 e. The van der Waals surface area contributed by atoms with Crippen LogP contribution in [-0.2, 0) is 9.59 Å². The van der Waals surface area contributed by atoms with Gasteiger partial charge in [-0.2, -0.15) is 0 Å². The number of phenolic OH excluding ortho intramolecular Hbond substituents is 1. The maximum atomic E-state index is 12.2. The number of benzene rings is 1. The molecule has 1 aliphatic rings. The lowest BCUT2D eigenvalue weighted by Gasteiger charge is -2.24. The average Bonchev–Trinajstić information content (AvgIpc) is 2.41. The third kappa shape index (κ3) is 2.99. The first-order valence-electron chi connectivity index (χ1n) is 6.47. The number of carboxylic acids is 1. The Morgan fingerprint density at radius 1 is 1.20 bits per heavy atom. The van der Waals surface area contributed by atoms with Gasteiger partial charge in [-0.3, -0.25) is 9.59 Å². The molecule has 106 valence electrons. The van der Waals surface area contributed by atoms with E-state index in [9.17, 15) is 14.7 Å². The largest absolute Gasteiger partial charge is 0.506 e. The van der Waals surface area contributed by atoms with E-state index in [1.54, 1.807) is 24.3 Å². The second-order valence-corrected chi connectivity index (χ2v) is 5.00. The number of hydrogen-bond donors (Lipinski definition) is 3. The number of amides is 1. The van der Waals surface area contributed by atoms with Gasteiger partial charge in [0.1, 0.15) is 5.75 Å². The molecule has 0 aromatic heterocycles. The highest BCUT2D eigenvalue weighted by molar-refractivity contribution is 5.96. The van der Waals surface area contributed by atoms with Crippen molar-refractivity contribution in [1.82, 2.24) is 0 Å². The van der Waals surface area contributed by atoms with Gasteiger partial charge in [-0.1, -0.05) is 18.2 Å². The van der Waals surface area contributed by atoms with Gasteiger partial charge >= 0.3 is 5.97 Å². The highest BCUT2D eigenvalue weighted by Gasteiger charge is 2.34. The standard InChI is InChI=1S/C15H17NO4/c1-9-6-7-12(13(17)8-9)16-14(18)10-4-2-3-5-11(10)15(19)20/h2-3,6-8,10-11,17H,4-5H2,1H3,(H,16,18)(H,19,20)/t10-,11-/m1/s1. The quantitative estimate of drug-likeness (QED) is 0.583. The van der Waals surface area contributed by atoms with Gasteiger partial charge in [0.05, 0.1) is 17.5 Å². The zero-order chi connectivity index (χ0) is 14.7. The molecule has 20 heavy (non-hydrogen) atoms. The highest BCUT2D eigenvalue weighted by atomic mass is 16.4. The van der Waals surface area contributed by atoms with Gasteiger partial charge in [0, 0.05) is 0 Å². The predicted molar refractivity (Wildman–Crippen MR) is 74.5 cm³/mol. The number of nitrogens with one attached hydrogen (secondary N) is 1. The van der Waals surface area contributed by atoms with E-state index in [4.69, 9.17) is 5.11 Å². The molecule has 0 fully saturated rings. The number of aromatic hydroxyl groups is 1. The van der Waals surface area contributed by atoms with Crippen LogP contribution in [0.1, 0.15) is 18.4 Å². The summed E-state index contributed by atoms with van der Waals surface area (Å²) in [7, 11) is 0. The van der Waals surface area contributed by atoms with Crippen molar-refractivity contribution in [3.63, 3.8) is 0 Å². The summed E-state index contributed by atoms with van der Waals surface area (Å²) in [6.45, 7) is 1.83. The van der Waals surface area contributed by atoms with Crippen molar-refractivity contribution in [2.24, 2.45) is 11.8 Å². The molecule has 1 amide bonds. The average molecular weight is 275 g/mol. The number of hydrogen-bond acceptors (Lipinski definition) is 3. The number of phenols is 1. The molecule has 1 aliphatic carbocycles. The molecule has 0 saturated carbocycles. The van der Waals surface area contributed by atoms with Crippen LogP contribution < -0.4 is 5.32 Å². The van der Waals surface area contributed by atoms with Gasteiger partial charge in [0.2, 0.25) is 5.91 Å². The molecule has 2 rings (SSSR count). The van der Waals surface area contributed by atoms with Crippen LogP contribution in [-0.4, -0.2) is 22.1 Å². The van der Waals surface area contributed by atoms with Crippen molar-refractivity contribution < 1.29 is 19.8 Å². The molecule has 1 aromatic carbocycles. The molecule has 5 heteroatoms. The fraction of sp³-hybridized carbons (Fsp3) is 0.333. The van der Waals surface area contributed by atoms with E-state index < -0.39 is 17.8 Å². The van der Waals surface area contributed by atoms with Crippen LogP contribution in [0.3, 0.4) is 0 Å². The summed E-state index contributed by atoms with van der Waals surface area (Å²) >= 11 is 0. The molecule has 3 N–H and O–H groups in total. The summed E-state index contributed by atoms with van der Waals surface area (Å²) < 4.78 is 0. The van der Waals surface area contributed by atoms with E-state index in [1.165, 1.54) is 0 Å². The van der Waals surface area contributed by atoms with Gasteiger partial charge in [-0.25, -0.2) is 0 Å². The molecule has 0 radical (unpaired) electrons. The molecule has 1 aromatic rings. The van der Waals surface area contributed by atoms with Crippen LogP contribution >= 0.6 is 0 Å². The summed E-state index contributed by atoms with van der Waals surface area (Å²) in [5, 5.41) is 21.5. The smallest absolute Gasteiger partial charge is 0.307 e. The predicted octanol–water partition coefficient (Wildman–Crippen LogP) is 2.31. The molecule has 0 spiro atoms. The van der Waals surface area contributed by atoms with E-state index in [-0.39, 0.29) is 11.7 Å². The topological polar surface area (TPSA) is 86.6 Å². The Morgan fingerprint density at radius 3 is 2.45 bits per heavy atom. The molecule has 0 heterocycles. The second kappa shape index (κ2) is 5.77. The Morgan fingerprint density at radius 2 is 1.85 bits per heavy atom. The lowest BCUT2D eigenvalue weighted by atomic mass is 9.82. The van der Waals surface area contributed by atoms with Crippen LogP contribution in [0.25, 0.3) is 0 Å². The van der Waals surface area contributed by atoms with Gasteiger partial charge in [0.15, 0.2) is 0 Å². The summed E-state index contributed by atoms with van der Waals surface area (Å²) in [6.07, 6.45) is 4.35. The Bertz CT molecular complexity index is 565. The monoisotopic (exact) mass is 275 g/mol. The third-order valence-electron chi connectivity index (χ3n) is 3.50. The minimum Gasteiger partial charge on any atom is -0.506 e. The molecule has 0 aliphatic heterocycles. The Kier molecular flexibility index (Phi) is 4.08. The van der Waals surface area contributed by atoms with Gasteiger partial charge in [0.25, 0.3) is 0 Å². The lowest BCUT2D eigenvalue weighted by Crippen LogP contribution is -2.34. The lowest BCUT2D eigenvalue weighted by molar-refractivity contribution is -0.146. The SMILES string of the molecule is Cc1ccc(NC(=O)[C@@H]2CC=CC[C@H]2C(=O)O)c(O)c1. The molecule has 0 bridgehead atoms. The van der Waals surface area contributed by atoms with Crippen LogP contribution in [0.2, 0.25) is 0 Å². The molecule has 0 saturated heterocycles. The fourth-order valence-electron chi connectivity index (χ4n) is 2.35. The fourth-order valence-corrected chi connectivity index (χ4v) is 2.35. The molecule has 5 nitrogen and oxygen atoms in total. The van der Waals surface area contributed by atoms with Crippen LogP contribution in [0.4, 0.5) is 5.69 Å². The van der Waals surface area contributed by atoms with E-state index in [2.05, 4.69) is 5.32 Å². The van der Waals surface area contributed by atoms with Crippen molar-refractivity contribution >= 4 is 17.6 Å². The van der Waals surface area contributed by atoms with Crippen molar-refractivity contribution in [1.29, 1.82) is 0 Å². The van der Waals surface area contributed by atoms with Gasteiger partial charge in [-0.15, -0.1) is 0 Å². The number of carboxylic acid groups (broad SMARTS) is 1. The Hall–Kier alpha value is -2.30. The Labute approximate surface area is 116 Å². The zero-order valence-electron chi connectivity index (χ0n) is 11.2. The first-order chi connectivity index (χ1) is 9.49.